The lowest BCUT2D eigenvalue weighted by Crippen LogP contribution is -2.49. The molecule has 1 rings (SSSR count). The van der Waals surface area contributed by atoms with Crippen LogP contribution in [0.15, 0.2) is 11.6 Å². The van der Waals surface area contributed by atoms with E-state index in [1.807, 2.05) is 34.6 Å². The molecule has 20 heavy (non-hydrogen) atoms. The number of hydrogen-bond donors (Lipinski definition) is 0. The van der Waals surface area contributed by atoms with Gasteiger partial charge >= 0.3 is 6.09 Å². The lowest BCUT2D eigenvalue weighted by Gasteiger charge is -2.35. The predicted octanol–water partition coefficient (Wildman–Crippen LogP) is 4.10. The summed E-state index contributed by atoms with van der Waals surface area (Å²) >= 11 is 0. The number of carbonyl (C=O) groups excluding carboxylic acids is 1. The second-order valence-electron chi connectivity index (χ2n) is 7.12. The van der Waals surface area contributed by atoms with Gasteiger partial charge in [-0.2, -0.15) is 0 Å². The van der Waals surface area contributed by atoms with Gasteiger partial charge in [0, 0.05) is 0 Å². The van der Waals surface area contributed by atoms with E-state index in [2.05, 4.69) is 19.9 Å². The third kappa shape index (κ3) is 4.82. The zero-order valence-corrected chi connectivity index (χ0v) is 13.9. The maximum absolute atomic E-state index is 12.4. The number of amides is 1. The van der Waals surface area contributed by atoms with Crippen molar-refractivity contribution in [1.29, 1.82) is 0 Å². The molecule has 0 aromatic rings. The van der Waals surface area contributed by atoms with E-state index in [1.165, 1.54) is 5.57 Å². The van der Waals surface area contributed by atoms with Crippen LogP contribution in [0.3, 0.4) is 0 Å². The first-order valence-electron chi connectivity index (χ1n) is 7.32. The van der Waals surface area contributed by atoms with E-state index in [1.54, 1.807) is 4.90 Å². The van der Waals surface area contributed by atoms with Gasteiger partial charge in [0.1, 0.15) is 11.3 Å². The molecule has 0 aromatic heterocycles. The van der Waals surface area contributed by atoms with E-state index < -0.39 is 11.3 Å². The molecule has 0 bridgehead atoms. The highest BCUT2D eigenvalue weighted by Crippen LogP contribution is 2.31. The minimum absolute atomic E-state index is 0.0791. The second kappa shape index (κ2) is 6.17. The fraction of sp³-hybridized carbons (Fsp3) is 0.812. The smallest absolute Gasteiger partial charge is 0.412 e. The molecular formula is C16H29NO3. The fourth-order valence-electron chi connectivity index (χ4n) is 2.34. The number of hydrogen-bond acceptors (Lipinski definition) is 3. The van der Waals surface area contributed by atoms with Crippen molar-refractivity contribution in [3.63, 3.8) is 0 Å². The molecule has 1 aliphatic heterocycles. The second-order valence-corrected chi connectivity index (χ2v) is 7.12. The number of allylic oxidation sites excluding steroid dienone is 2. The number of rotatable bonds is 3. The van der Waals surface area contributed by atoms with Crippen molar-refractivity contribution in [3.8, 4) is 0 Å². The topological polar surface area (TPSA) is 38.8 Å². The van der Waals surface area contributed by atoms with Crippen LogP contribution in [-0.4, -0.2) is 35.0 Å². The van der Waals surface area contributed by atoms with Gasteiger partial charge in [-0.05, 0) is 61.3 Å². The van der Waals surface area contributed by atoms with Crippen LogP contribution in [0, 0.1) is 0 Å². The molecule has 1 fully saturated rings. The van der Waals surface area contributed by atoms with Gasteiger partial charge in [0.2, 0.25) is 0 Å². The molecule has 0 unspecified atom stereocenters. The Bertz CT molecular complexity index is 376. The molecule has 0 N–H and O–H groups in total. The molecule has 116 valence electrons. The van der Waals surface area contributed by atoms with E-state index in [0.29, 0.717) is 6.61 Å². The highest BCUT2D eigenvalue weighted by Gasteiger charge is 2.45. The number of ether oxygens (including phenoxy) is 2. The molecule has 0 saturated carbocycles. The van der Waals surface area contributed by atoms with Crippen LogP contribution in [0.1, 0.15) is 61.3 Å². The monoisotopic (exact) mass is 283 g/mol. The summed E-state index contributed by atoms with van der Waals surface area (Å²) in [5.41, 5.74) is 0.213. The Morgan fingerprint density at radius 1 is 1.40 bits per heavy atom. The van der Waals surface area contributed by atoms with Gasteiger partial charge < -0.3 is 9.47 Å². The Balaban J connectivity index is 2.75. The summed E-state index contributed by atoms with van der Waals surface area (Å²) in [6.45, 7) is 14.2. The molecule has 1 amide bonds. The molecule has 1 heterocycles. The van der Waals surface area contributed by atoms with Gasteiger partial charge in [0.25, 0.3) is 0 Å². The Kier molecular flexibility index (Phi) is 5.25. The minimum atomic E-state index is -0.599. The average Bonchev–Trinajstić information content (AvgIpc) is 2.50. The first-order chi connectivity index (χ1) is 9.03. The molecule has 1 aliphatic rings. The summed E-state index contributed by atoms with van der Waals surface area (Å²) in [4.78, 5) is 14.1. The Hall–Kier alpha value is -1.03. The molecule has 4 nitrogen and oxygen atoms in total. The maximum atomic E-state index is 12.4. The summed E-state index contributed by atoms with van der Waals surface area (Å²) in [5, 5.41) is 0. The van der Waals surface area contributed by atoms with Gasteiger partial charge in [0.05, 0.1) is 12.6 Å². The largest absolute Gasteiger partial charge is 0.444 e. The zero-order valence-electron chi connectivity index (χ0n) is 13.9. The van der Waals surface area contributed by atoms with E-state index in [0.717, 1.165) is 12.8 Å². The third-order valence-corrected chi connectivity index (χ3v) is 3.22. The number of nitrogens with zero attached hydrogens (tertiary/aromatic N) is 1. The maximum Gasteiger partial charge on any atom is 0.412 e. The SMILES string of the molecule is CC(C)=CCC[C@@H]1COC(C)(C)N1C(=O)OC(C)(C)C. The van der Waals surface area contributed by atoms with E-state index in [-0.39, 0.29) is 12.1 Å². The zero-order chi connectivity index (χ0) is 15.6. The van der Waals surface area contributed by atoms with Crippen molar-refractivity contribution in [2.45, 2.75) is 78.7 Å². The van der Waals surface area contributed by atoms with E-state index >= 15 is 0 Å². The molecular weight excluding hydrogens is 254 g/mol. The molecule has 0 spiro atoms. The molecule has 0 aromatic carbocycles. The quantitative estimate of drug-likeness (QED) is 0.732. The van der Waals surface area contributed by atoms with Crippen LogP contribution >= 0.6 is 0 Å². The molecule has 4 heteroatoms. The van der Waals surface area contributed by atoms with Gasteiger partial charge in [-0.1, -0.05) is 11.6 Å². The van der Waals surface area contributed by atoms with Gasteiger partial charge in [-0.3, -0.25) is 4.90 Å². The van der Waals surface area contributed by atoms with Crippen LogP contribution in [0.2, 0.25) is 0 Å². The van der Waals surface area contributed by atoms with Crippen LogP contribution in [-0.2, 0) is 9.47 Å². The van der Waals surface area contributed by atoms with Crippen LogP contribution in [0.25, 0.3) is 0 Å². The van der Waals surface area contributed by atoms with Crippen molar-refractivity contribution < 1.29 is 14.3 Å². The van der Waals surface area contributed by atoms with Crippen LogP contribution in [0.4, 0.5) is 4.79 Å². The Labute approximate surface area is 123 Å². The standard InChI is InChI=1S/C16H29NO3/c1-12(2)9-8-10-13-11-19-16(6,7)17(13)14(18)20-15(3,4)5/h9,13H,8,10-11H2,1-7H3/t13-/m1/s1. The first kappa shape index (κ1) is 17.0. The molecule has 1 saturated heterocycles. The van der Waals surface area contributed by atoms with Crippen molar-refractivity contribution in [2.75, 3.05) is 6.61 Å². The highest BCUT2D eigenvalue weighted by molar-refractivity contribution is 5.69. The van der Waals surface area contributed by atoms with Crippen LogP contribution < -0.4 is 0 Å². The summed E-state index contributed by atoms with van der Waals surface area (Å²) in [6.07, 6.45) is 3.75. The van der Waals surface area contributed by atoms with Crippen molar-refractivity contribution in [1.82, 2.24) is 4.90 Å². The lowest BCUT2D eigenvalue weighted by molar-refractivity contribution is -0.0626. The lowest BCUT2D eigenvalue weighted by atomic mass is 10.1. The fourth-order valence-corrected chi connectivity index (χ4v) is 2.34. The minimum Gasteiger partial charge on any atom is -0.444 e. The number of carbonyl (C=O) groups is 1. The van der Waals surface area contributed by atoms with Gasteiger partial charge in [-0.25, -0.2) is 4.79 Å². The van der Waals surface area contributed by atoms with E-state index in [9.17, 15) is 4.79 Å². The van der Waals surface area contributed by atoms with Crippen molar-refractivity contribution in [2.24, 2.45) is 0 Å². The molecule has 1 atom stereocenters. The van der Waals surface area contributed by atoms with Crippen molar-refractivity contribution >= 4 is 6.09 Å². The highest BCUT2D eigenvalue weighted by atomic mass is 16.6. The van der Waals surface area contributed by atoms with Crippen molar-refractivity contribution in [3.05, 3.63) is 11.6 Å². The molecule has 0 radical (unpaired) electrons. The molecule has 0 aliphatic carbocycles. The van der Waals surface area contributed by atoms with Gasteiger partial charge in [-0.15, -0.1) is 0 Å². The summed E-state index contributed by atoms with van der Waals surface area (Å²) in [7, 11) is 0. The normalized spacial score (nSPS) is 21.8. The van der Waals surface area contributed by atoms with Gasteiger partial charge in [0.15, 0.2) is 0 Å². The Morgan fingerprint density at radius 2 is 2.00 bits per heavy atom. The average molecular weight is 283 g/mol. The Morgan fingerprint density at radius 3 is 2.50 bits per heavy atom. The van der Waals surface area contributed by atoms with Crippen LogP contribution in [0.5, 0.6) is 0 Å². The first-order valence-corrected chi connectivity index (χ1v) is 7.32. The summed E-state index contributed by atoms with van der Waals surface area (Å²) in [5.74, 6) is 0. The summed E-state index contributed by atoms with van der Waals surface area (Å²) in [6, 6.07) is 0.0791. The summed E-state index contributed by atoms with van der Waals surface area (Å²) < 4.78 is 11.3. The van der Waals surface area contributed by atoms with E-state index in [4.69, 9.17) is 9.47 Å². The third-order valence-electron chi connectivity index (χ3n) is 3.22. The predicted molar refractivity (Wildman–Crippen MR) is 80.6 cm³/mol.